The van der Waals surface area contributed by atoms with E-state index in [2.05, 4.69) is 9.97 Å². The predicted molar refractivity (Wildman–Crippen MR) is 64.2 cm³/mol. The van der Waals surface area contributed by atoms with Crippen LogP contribution in [0.3, 0.4) is 0 Å². The average molecular weight is 231 g/mol. The van der Waals surface area contributed by atoms with Crippen LogP contribution in [0.1, 0.15) is 5.69 Å². The van der Waals surface area contributed by atoms with Gasteiger partial charge in [0, 0.05) is 11.8 Å². The average Bonchev–Trinajstić information content (AvgIpc) is 2.34. The molecule has 1 aromatic heterocycles. The Morgan fingerprint density at radius 1 is 1.18 bits per heavy atom. The SMILES string of the molecule is COc1cc(N)ccc1Oc1cncnc1C. The molecule has 0 saturated carbocycles. The molecule has 2 N–H and O–H groups in total. The Kier molecular flexibility index (Phi) is 3.09. The molecule has 1 aromatic carbocycles. The molecule has 5 nitrogen and oxygen atoms in total. The van der Waals surface area contributed by atoms with Crippen molar-refractivity contribution in [3.05, 3.63) is 36.4 Å². The van der Waals surface area contributed by atoms with Crippen LogP contribution < -0.4 is 15.2 Å². The molecule has 0 spiro atoms. The highest BCUT2D eigenvalue weighted by Gasteiger charge is 2.08. The van der Waals surface area contributed by atoms with E-state index in [0.29, 0.717) is 22.9 Å². The van der Waals surface area contributed by atoms with Crippen molar-refractivity contribution in [3.8, 4) is 17.2 Å². The van der Waals surface area contributed by atoms with Gasteiger partial charge in [-0.1, -0.05) is 0 Å². The number of nitrogens with zero attached hydrogens (tertiary/aromatic N) is 2. The van der Waals surface area contributed by atoms with Crippen LogP contribution in [0.15, 0.2) is 30.7 Å². The molecular weight excluding hydrogens is 218 g/mol. The van der Waals surface area contributed by atoms with E-state index in [0.717, 1.165) is 5.69 Å². The van der Waals surface area contributed by atoms with Crippen LogP contribution in [0.2, 0.25) is 0 Å². The van der Waals surface area contributed by atoms with Crippen molar-refractivity contribution in [2.24, 2.45) is 0 Å². The van der Waals surface area contributed by atoms with E-state index < -0.39 is 0 Å². The fourth-order valence-electron chi connectivity index (χ4n) is 1.37. The Bertz CT molecular complexity index is 529. The molecule has 88 valence electrons. The number of rotatable bonds is 3. The summed E-state index contributed by atoms with van der Waals surface area (Å²) < 4.78 is 10.9. The van der Waals surface area contributed by atoms with Crippen molar-refractivity contribution in [1.82, 2.24) is 9.97 Å². The standard InChI is InChI=1S/C12H13N3O2/c1-8-12(6-14-7-15-8)17-10-4-3-9(13)5-11(10)16-2/h3-7H,13H2,1-2H3. The minimum atomic E-state index is 0.577. The normalized spacial score (nSPS) is 10.0. The van der Waals surface area contributed by atoms with Crippen LogP contribution in [0, 0.1) is 6.92 Å². The lowest BCUT2D eigenvalue weighted by Gasteiger charge is -2.11. The molecule has 2 aromatic rings. The van der Waals surface area contributed by atoms with Crippen LogP contribution in [-0.4, -0.2) is 17.1 Å². The first kappa shape index (κ1) is 11.2. The van der Waals surface area contributed by atoms with Crippen molar-refractivity contribution >= 4 is 5.69 Å². The fourth-order valence-corrected chi connectivity index (χ4v) is 1.37. The van der Waals surface area contributed by atoms with Crippen molar-refractivity contribution in [2.45, 2.75) is 6.92 Å². The van der Waals surface area contributed by atoms with Crippen LogP contribution >= 0.6 is 0 Å². The molecule has 0 aliphatic carbocycles. The number of aromatic nitrogens is 2. The molecule has 0 aliphatic heterocycles. The number of anilines is 1. The molecule has 0 bridgehead atoms. The molecule has 0 amide bonds. The summed E-state index contributed by atoms with van der Waals surface area (Å²) >= 11 is 0. The van der Waals surface area contributed by atoms with Crippen LogP contribution in [0.25, 0.3) is 0 Å². The van der Waals surface area contributed by atoms with Gasteiger partial charge in [-0.15, -0.1) is 0 Å². The predicted octanol–water partition coefficient (Wildman–Crippen LogP) is 2.17. The zero-order valence-electron chi connectivity index (χ0n) is 9.68. The smallest absolute Gasteiger partial charge is 0.169 e. The highest BCUT2D eigenvalue weighted by Crippen LogP contribution is 2.33. The number of aryl methyl sites for hydroxylation is 1. The van der Waals surface area contributed by atoms with Gasteiger partial charge in [0.05, 0.1) is 19.0 Å². The summed E-state index contributed by atoms with van der Waals surface area (Å²) in [6.07, 6.45) is 3.08. The summed E-state index contributed by atoms with van der Waals surface area (Å²) in [5.41, 5.74) is 7.05. The highest BCUT2D eigenvalue weighted by atomic mass is 16.5. The molecule has 0 fully saturated rings. The lowest BCUT2D eigenvalue weighted by Crippen LogP contribution is -1.95. The number of nitrogen functional groups attached to an aromatic ring is 1. The molecule has 0 saturated heterocycles. The Morgan fingerprint density at radius 3 is 2.71 bits per heavy atom. The minimum Gasteiger partial charge on any atom is -0.493 e. The van der Waals surface area contributed by atoms with E-state index in [1.54, 1.807) is 31.5 Å². The molecule has 0 unspecified atom stereocenters. The van der Waals surface area contributed by atoms with Gasteiger partial charge in [-0.3, -0.25) is 0 Å². The number of ether oxygens (including phenoxy) is 2. The third kappa shape index (κ3) is 2.44. The number of hydrogen-bond acceptors (Lipinski definition) is 5. The van der Waals surface area contributed by atoms with Crippen LogP contribution in [-0.2, 0) is 0 Å². The first-order chi connectivity index (χ1) is 8.20. The lowest BCUT2D eigenvalue weighted by atomic mass is 10.3. The second-order valence-corrected chi connectivity index (χ2v) is 3.48. The van der Waals surface area contributed by atoms with Crippen molar-refractivity contribution in [1.29, 1.82) is 0 Å². The van der Waals surface area contributed by atoms with Crippen molar-refractivity contribution < 1.29 is 9.47 Å². The van der Waals surface area contributed by atoms with Gasteiger partial charge in [-0.25, -0.2) is 9.97 Å². The van der Waals surface area contributed by atoms with Crippen LogP contribution in [0.5, 0.6) is 17.2 Å². The molecule has 1 heterocycles. The molecule has 0 atom stereocenters. The summed E-state index contributed by atoms with van der Waals surface area (Å²) in [6.45, 7) is 1.85. The molecular formula is C12H13N3O2. The highest BCUT2D eigenvalue weighted by molar-refractivity contribution is 5.53. The number of benzene rings is 1. The van der Waals surface area contributed by atoms with Crippen molar-refractivity contribution in [3.63, 3.8) is 0 Å². The van der Waals surface area contributed by atoms with Crippen LogP contribution in [0.4, 0.5) is 5.69 Å². The summed E-state index contributed by atoms with van der Waals surface area (Å²) in [4.78, 5) is 7.96. The topological polar surface area (TPSA) is 70.3 Å². The van der Waals surface area contributed by atoms with E-state index in [9.17, 15) is 0 Å². The van der Waals surface area contributed by atoms with Gasteiger partial charge in [0.2, 0.25) is 0 Å². The Labute approximate surface area is 99.2 Å². The maximum atomic E-state index is 5.68. The van der Waals surface area contributed by atoms with E-state index in [1.807, 2.05) is 6.92 Å². The monoisotopic (exact) mass is 231 g/mol. The Balaban J connectivity index is 2.33. The molecule has 0 aliphatic rings. The fraction of sp³-hybridized carbons (Fsp3) is 0.167. The zero-order chi connectivity index (χ0) is 12.3. The Morgan fingerprint density at radius 2 is 2.00 bits per heavy atom. The van der Waals surface area contributed by atoms with E-state index >= 15 is 0 Å². The first-order valence-corrected chi connectivity index (χ1v) is 5.08. The third-order valence-electron chi connectivity index (χ3n) is 2.27. The molecule has 5 heteroatoms. The van der Waals surface area contributed by atoms with Gasteiger partial charge in [0.15, 0.2) is 17.2 Å². The van der Waals surface area contributed by atoms with E-state index in [-0.39, 0.29) is 0 Å². The van der Waals surface area contributed by atoms with Gasteiger partial charge in [0.1, 0.15) is 6.33 Å². The zero-order valence-corrected chi connectivity index (χ0v) is 9.68. The van der Waals surface area contributed by atoms with Gasteiger partial charge < -0.3 is 15.2 Å². The largest absolute Gasteiger partial charge is 0.493 e. The first-order valence-electron chi connectivity index (χ1n) is 5.08. The molecule has 0 radical (unpaired) electrons. The number of methoxy groups -OCH3 is 1. The van der Waals surface area contributed by atoms with Crippen molar-refractivity contribution in [2.75, 3.05) is 12.8 Å². The van der Waals surface area contributed by atoms with Gasteiger partial charge in [-0.05, 0) is 19.1 Å². The number of nitrogens with two attached hydrogens (primary N) is 1. The maximum absolute atomic E-state index is 5.68. The number of hydrogen-bond donors (Lipinski definition) is 1. The quantitative estimate of drug-likeness (QED) is 0.820. The molecule has 17 heavy (non-hydrogen) atoms. The van der Waals surface area contributed by atoms with Gasteiger partial charge in [-0.2, -0.15) is 0 Å². The minimum absolute atomic E-state index is 0.577. The summed E-state index contributed by atoms with van der Waals surface area (Å²) in [5, 5.41) is 0. The Hall–Kier alpha value is -2.30. The summed E-state index contributed by atoms with van der Waals surface area (Å²) in [5.74, 6) is 1.75. The molecule has 2 rings (SSSR count). The van der Waals surface area contributed by atoms with E-state index in [1.165, 1.54) is 6.33 Å². The third-order valence-corrected chi connectivity index (χ3v) is 2.27. The second-order valence-electron chi connectivity index (χ2n) is 3.48. The van der Waals surface area contributed by atoms with Gasteiger partial charge in [0.25, 0.3) is 0 Å². The second kappa shape index (κ2) is 4.69. The van der Waals surface area contributed by atoms with Gasteiger partial charge >= 0.3 is 0 Å². The summed E-state index contributed by atoms with van der Waals surface area (Å²) in [7, 11) is 1.57. The maximum Gasteiger partial charge on any atom is 0.169 e. The summed E-state index contributed by atoms with van der Waals surface area (Å²) in [6, 6.07) is 5.20. The van der Waals surface area contributed by atoms with E-state index in [4.69, 9.17) is 15.2 Å². The lowest BCUT2D eigenvalue weighted by molar-refractivity contribution is 0.377.